The second kappa shape index (κ2) is 6.62. The van der Waals surface area contributed by atoms with Crippen LogP contribution in [0.5, 0.6) is 5.75 Å². The van der Waals surface area contributed by atoms with Gasteiger partial charge in [-0.1, -0.05) is 0 Å². The molecule has 8 heteroatoms. The monoisotopic (exact) mass is 277 g/mol. The number of ether oxygens (including phenoxy) is 2. The molecule has 0 saturated heterocycles. The maximum absolute atomic E-state index is 11.6. The second-order valence-corrected chi connectivity index (χ2v) is 3.83. The molecule has 0 aliphatic carbocycles. The summed E-state index contributed by atoms with van der Waals surface area (Å²) >= 11 is 0. The fourth-order valence-electron chi connectivity index (χ4n) is 1.61. The van der Waals surface area contributed by atoms with Crippen LogP contribution in [-0.4, -0.2) is 46.4 Å². The predicted molar refractivity (Wildman–Crippen MR) is 70.8 cm³/mol. The molecule has 0 unspecified atom stereocenters. The van der Waals surface area contributed by atoms with Crippen LogP contribution in [-0.2, 0) is 9.53 Å². The molecule has 1 aromatic heterocycles. The van der Waals surface area contributed by atoms with E-state index in [-0.39, 0.29) is 12.5 Å². The lowest BCUT2D eigenvalue weighted by Crippen LogP contribution is -2.18. The van der Waals surface area contributed by atoms with Crippen molar-refractivity contribution in [2.45, 2.75) is 6.92 Å². The van der Waals surface area contributed by atoms with Gasteiger partial charge in [-0.15, -0.1) is 5.10 Å². The zero-order valence-electron chi connectivity index (χ0n) is 11.2. The van der Waals surface area contributed by atoms with Gasteiger partial charge in [0.25, 0.3) is 0 Å². The molecule has 20 heavy (non-hydrogen) atoms. The molecule has 8 nitrogen and oxygen atoms in total. The number of nitrogens with zero attached hydrogens (tertiary/aromatic N) is 4. The Kier molecular flexibility index (Phi) is 4.61. The minimum atomic E-state index is -0.223. The van der Waals surface area contributed by atoms with Gasteiger partial charge >= 0.3 is 0 Å². The average Bonchev–Trinajstić information content (AvgIpc) is 2.99. The highest BCUT2D eigenvalue weighted by Gasteiger charge is 2.09. The van der Waals surface area contributed by atoms with E-state index in [1.165, 1.54) is 11.0 Å². The fraction of sp³-hybridized carbons (Fsp3) is 0.333. The SMILES string of the molecule is CCOCC(=O)Nc1ccc(OC)c(-n2cnnn2)c1. The molecule has 0 aliphatic rings. The summed E-state index contributed by atoms with van der Waals surface area (Å²) in [5, 5.41) is 13.7. The van der Waals surface area contributed by atoms with Gasteiger partial charge in [-0.05, 0) is 35.5 Å². The lowest BCUT2D eigenvalue weighted by atomic mass is 10.2. The molecule has 1 aromatic carbocycles. The lowest BCUT2D eigenvalue weighted by Gasteiger charge is -2.10. The number of rotatable bonds is 6. The molecule has 106 valence electrons. The fourth-order valence-corrected chi connectivity index (χ4v) is 1.61. The Bertz CT molecular complexity index is 570. The molecule has 1 amide bonds. The lowest BCUT2D eigenvalue weighted by molar-refractivity contribution is -0.120. The van der Waals surface area contributed by atoms with Crippen molar-refractivity contribution < 1.29 is 14.3 Å². The molecule has 2 rings (SSSR count). The Labute approximate surface area is 115 Å². The molecular weight excluding hydrogens is 262 g/mol. The molecule has 2 aromatic rings. The van der Waals surface area contributed by atoms with Gasteiger partial charge in [-0.3, -0.25) is 4.79 Å². The normalized spacial score (nSPS) is 10.3. The van der Waals surface area contributed by atoms with E-state index in [4.69, 9.17) is 9.47 Å². The summed E-state index contributed by atoms with van der Waals surface area (Å²) in [6.45, 7) is 2.34. The number of tetrazole rings is 1. The van der Waals surface area contributed by atoms with Crippen LogP contribution in [0.15, 0.2) is 24.5 Å². The van der Waals surface area contributed by atoms with Gasteiger partial charge in [-0.25, -0.2) is 0 Å². The third-order valence-corrected chi connectivity index (χ3v) is 2.50. The van der Waals surface area contributed by atoms with E-state index in [2.05, 4.69) is 20.8 Å². The summed E-state index contributed by atoms with van der Waals surface area (Å²) in [6, 6.07) is 5.18. The maximum atomic E-state index is 11.6. The first-order valence-electron chi connectivity index (χ1n) is 6.03. The highest BCUT2D eigenvalue weighted by Crippen LogP contribution is 2.25. The van der Waals surface area contributed by atoms with Gasteiger partial charge in [0.1, 0.15) is 24.4 Å². The number of aromatic nitrogens is 4. The van der Waals surface area contributed by atoms with Crippen LogP contribution < -0.4 is 10.1 Å². The summed E-state index contributed by atoms with van der Waals surface area (Å²) in [7, 11) is 1.55. The number of amides is 1. The van der Waals surface area contributed by atoms with Gasteiger partial charge in [0.15, 0.2) is 0 Å². The molecule has 0 bridgehead atoms. The molecule has 0 spiro atoms. The zero-order chi connectivity index (χ0) is 14.4. The van der Waals surface area contributed by atoms with E-state index in [9.17, 15) is 4.79 Å². The largest absolute Gasteiger partial charge is 0.494 e. The van der Waals surface area contributed by atoms with E-state index in [1.807, 2.05) is 6.92 Å². The van der Waals surface area contributed by atoms with Crippen molar-refractivity contribution in [3.05, 3.63) is 24.5 Å². The number of nitrogens with one attached hydrogen (secondary N) is 1. The minimum absolute atomic E-state index is 0.0166. The Morgan fingerprint density at radius 3 is 2.95 bits per heavy atom. The molecule has 0 radical (unpaired) electrons. The first kappa shape index (κ1) is 13.9. The standard InChI is InChI=1S/C12H15N5O3/c1-3-20-7-12(18)14-9-4-5-11(19-2)10(6-9)17-8-13-15-16-17/h4-6,8H,3,7H2,1-2H3,(H,14,18). The molecule has 1 heterocycles. The van der Waals surface area contributed by atoms with Crippen molar-refractivity contribution in [2.24, 2.45) is 0 Å². The molecular formula is C12H15N5O3. The van der Waals surface area contributed by atoms with Crippen molar-refractivity contribution >= 4 is 11.6 Å². The Morgan fingerprint density at radius 1 is 1.45 bits per heavy atom. The number of benzene rings is 1. The Hall–Kier alpha value is -2.48. The zero-order valence-corrected chi connectivity index (χ0v) is 11.2. The van der Waals surface area contributed by atoms with Gasteiger partial charge in [-0.2, -0.15) is 4.68 Å². The van der Waals surface area contributed by atoms with Crippen molar-refractivity contribution in [2.75, 3.05) is 25.6 Å². The van der Waals surface area contributed by atoms with Crippen molar-refractivity contribution in [1.82, 2.24) is 20.2 Å². The van der Waals surface area contributed by atoms with Gasteiger partial charge in [0.2, 0.25) is 5.91 Å². The summed E-state index contributed by atoms with van der Waals surface area (Å²) in [6.07, 6.45) is 1.45. The Morgan fingerprint density at radius 2 is 2.30 bits per heavy atom. The summed E-state index contributed by atoms with van der Waals surface area (Å²) in [4.78, 5) is 11.6. The van der Waals surface area contributed by atoms with Crippen molar-refractivity contribution in [3.63, 3.8) is 0 Å². The van der Waals surface area contributed by atoms with Crippen LogP contribution in [0.25, 0.3) is 5.69 Å². The summed E-state index contributed by atoms with van der Waals surface area (Å²) < 4.78 is 11.7. The molecule has 0 aliphatic heterocycles. The third-order valence-electron chi connectivity index (χ3n) is 2.50. The molecule has 0 atom stereocenters. The van der Waals surface area contributed by atoms with Gasteiger partial charge < -0.3 is 14.8 Å². The molecule has 0 fully saturated rings. The molecule has 0 saturated carbocycles. The number of carbonyl (C=O) groups excluding carboxylic acids is 1. The predicted octanol–water partition coefficient (Wildman–Crippen LogP) is 0.646. The van der Waals surface area contributed by atoms with Crippen LogP contribution in [0.2, 0.25) is 0 Å². The number of carbonyl (C=O) groups is 1. The Balaban J connectivity index is 2.20. The number of methoxy groups -OCH3 is 1. The van der Waals surface area contributed by atoms with E-state index in [0.29, 0.717) is 23.7 Å². The van der Waals surface area contributed by atoms with Crippen LogP contribution in [0, 0.1) is 0 Å². The van der Waals surface area contributed by atoms with Crippen LogP contribution in [0.3, 0.4) is 0 Å². The first-order chi connectivity index (χ1) is 9.74. The van der Waals surface area contributed by atoms with Crippen molar-refractivity contribution in [3.8, 4) is 11.4 Å². The van der Waals surface area contributed by atoms with E-state index >= 15 is 0 Å². The minimum Gasteiger partial charge on any atom is -0.494 e. The van der Waals surface area contributed by atoms with Crippen molar-refractivity contribution in [1.29, 1.82) is 0 Å². The van der Waals surface area contributed by atoms with Gasteiger partial charge in [0.05, 0.1) is 7.11 Å². The van der Waals surface area contributed by atoms with E-state index < -0.39 is 0 Å². The first-order valence-corrected chi connectivity index (χ1v) is 6.03. The van der Waals surface area contributed by atoms with Crippen LogP contribution in [0.1, 0.15) is 6.92 Å². The second-order valence-electron chi connectivity index (χ2n) is 3.83. The number of anilines is 1. The highest BCUT2D eigenvalue weighted by atomic mass is 16.5. The smallest absolute Gasteiger partial charge is 0.250 e. The topological polar surface area (TPSA) is 91.2 Å². The van der Waals surface area contributed by atoms with Gasteiger partial charge in [0, 0.05) is 12.3 Å². The summed E-state index contributed by atoms with van der Waals surface area (Å²) in [5.74, 6) is 0.375. The van der Waals surface area contributed by atoms with E-state index in [1.54, 1.807) is 25.3 Å². The van der Waals surface area contributed by atoms with Crippen LogP contribution in [0.4, 0.5) is 5.69 Å². The average molecular weight is 277 g/mol. The maximum Gasteiger partial charge on any atom is 0.250 e. The van der Waals surface area contributed by atoms with Crippen LogP contribution >= 0.6 is 0 Å². The quantitative estimate of drug-likeness (QED) is 0.833. The van der Waals surface area contributed by atoms with E-state index in [0.717, 1.165) is 0 Å². The number of hydrogen-bond donors (Lipinski definition) is 1. The third kappa shape index (κ3) is 3.29. The number of hydrogen-bond acceptors (Lipinski definition) is 6. The molecule has 1 N–H and O–H groups in total. The summed E-state index contributed by atoms with van der Waals surface area (Å²) in [5.41, 5.74) is 1.24. The highest BCUT2D eigenvalue weighted by molar-refractivity contribution is 5.92.